The van der Waals surface area contributed by atoms with Crippen LogP contribution in [-0.4, -0.2) is 38.2 Å². The Labute approximate surface area is 161 Å². The van der Waals surface area contributed by atoms with Crippen molar-refractivity contribution in [2.24, 2.45) is 5.41 Å². The monoisotopic (exact) mass is 395 g/mol. The third-order valence-electron chi connectivity index (χ3n) is 5.36. The lowest BCUT2D eigenvalue weighted by atomic mass is 9.96. The van der Waals surface area contributed by atoms with Gasteiger partial charge in [-0.15, -0.1) is 34.5 Å². The molecule has 0 bridgehead atoms. The summed E-state index contributed by atoms with van der Waals surface area (Å²) >= 11 is 14.0. The second-order valence-electron chi connectivity index (χ2n) is 7.09. The van der Waals surface area contributed by atoms with Crippen LogP contribution < -0.4 is 0 Å². The average Bonchev–Trinajstić information content (AvgIpc) is 2.99. The number of carbonyl (C=O) groups excluding carboxylic acids is 1. The lowest BCUT2D eigenvalue weighted by Gasteiger charge is -2.33. The summed E-state index contributed by atoms with van der Waals surface area (Å²) in [6.07, 6.45) is 5.98. The molecule has 2 fully saturated rings. The zero-order chi connectivity index (χ0) is 17.7. The fourth-order valence-electron chi connectivity index (χ4n) is 3.44. The minimum absolute atomic E-state index is 0.0903. The minimum atomic E-state index is -0.893. The molecular formula is C18H19Cl2N3OS. The number of hydrogen-bond donors (Lipinski definition) is 0. The van der Waals surface area contributed by atoms with Crippen LogP contribution in [0.5, 0.6) is 0 Å². The highest BCUT2D eigenvalue weighted by atomic mass is 35.5. The molecule has 2 aliphatic rings. The van der Waals surface area contributed by atoms with Crippen molar-refractivity contribution in [1.82, 2.24) is 14.9 Å². The van der Waals surface area contributed by atoms with Crippen molar-refractivity contribution >= 4 is 40.4 Å². The van der Waals surface area contributed by atoms with E-state index in [1.54, 1.807) is 23.7 Å². The maximum absolute atomic E-state index is 12.7. The summed E-state index contributed by atoms with van der Waals surface area (Å²) < 4.78 is -0.893. The maximum atomic E-state index is 12.7. The van der Waals surface area contributed by atoms with Gasteiger partial charge in [-0.3, -0.25) is 9.78 Å². The Hall–Kier alpha value is -1.17. The highest BCUT2D eigenvalue weighted by molar-refractivity contribution is 7.10. The Kier molecular flexibility index (Phi) is 4.29. The second-order valence-corrected chi connectivity index (χ2v) is 9.46. The van der Waals surface area contributed by atoms with Gasteiger partial charge in [0.2, 0.25) is 5.91 Å². The number of rotatable bonds is 3. The third-order valence-corrected chi connectivity index (χ3v) is 7.47. The van der Waals surface area contributed by atoms with Crippen LogP contribution in [0.4, 0.5) is 0 Å². The summed E-state index contributed by atoms with van der Waals surface area (Å²) in [5, 5.41) is 3.25. The highest BCUT2D eigenvalue weighted by Crippen LogP contribution is 2.64. The molecule has 1 amide bonds. The fraction of sp³-hybridized carbons (Fsp3) is 0.500. The van der Waals surface area contributed by atoms with Crippen molar-refractivity contribution in [3.05, 3.63) is 34.9 Å². The molecule has 4 nitrogen and oxygen atoms in total. The van der Waals surface area contributed by atoms with Crippen LogP contribution in [0.3, 0.4) is 0 Å². The van der Waals surface area contributed by atoms with Crippen molar-refractivity contribution in [1.29, 1.82) is 0 Å². The van der Waals surface area contributed by atoms with Crippen LogP contribution in [0.2, 0.25) is 0 Å². The molecule has 0 aromatic carbocycles. The third kappa shape index (κ3) is 3.07. The lowest BCUT2D eigenvalue weighted by molar-refractivity contribution is -0.137. The Morgan fingerprint density at radius 3 is 2.52 bits per heavy atom. The number of piperidine rings is 1. The van der Waals surface area contributed by atoms with Crippen molar-refractivity contribution in [3.8, 4) is 11.3 Å². The van der Waals surface area contributed by atoms with E-state index in [2.05, 4.69) is 10.4 Å². The van der Waals surface area contributed by atoms with Gasteiger partial charge in [0.1, 0.15) is 4.33 Å². The summed E-state index contributed by atoms with van der Waals surface area (Å²) in [6.45, 7) is 3.35. The molecule has 0 spiro atoms. The molecule has 0 unspecified atom stereocenters. The fourth-order valence-corrected chi connectivity index (χ4v) is 5.14. The van der Waals surface area contributed by atoms with Crippen molar-refractivity contribution in [2.45, 2.75) is 36.4 Å². The van der Waals surface area contributed by atoms with Crippen LogP contribution in [-0.2, 0) is 4.79 Å². The zero-order valence-electron chi connectivity index (χ0n) is 13.9. The topological polar surface area (TPSA) is 46.1 Å². The number of pyridine rings is 1. The molecule has 25 heavy (non-hydrogen) atoms. The maximum Gasteiger partial charge on any atom is 0.231 e. The Bertz CT molecular complexity index is 787. The van der Waals surface area contributed by atoms with Gasteiger partial charge in [-0.05, 0) is 38.3 Å². The molecule has 1 atom stereocenters. The van der Waals surface area contributed by atoms with Gasteiger partial charge in [0, 0.05) is 42.3 Å². The smallest absolute Gasteiger partial charge is 0.231 e. The lowest BCUT2D eigenvalue weighted by Crippen LogP contribution is -2.42. The first kappa shape index (κ1) is 17.3. The number of hydrogen-bond acceptors (Lipinski definition) is 4. The van der Waals surface area contributed by atoms with Crippen LogP contribution in [0.1, 0.15) is 37.1 Å². The van der Waals surface area contributed by atoms with E-state index < -0.39 is 9.75 Å². The van der Waals surface area contributed by atoms with Gasteiger partial charge in [-0.25, -0.2) is 4.98 Å². The van der Waals surface area contributed by atoms with E-state index >= 15 is 0 Å². The summed E-state index contributed by atoms with van der Waals surface area (Å²) in [5.41, 5.74) is 1.48. The SMILES string of the molecule is C[C@]1(C(=O)N2CCC(c3nc(-c4ccncc4)cs3)CC2)CC1(Cl)Cl. The summed E-state index contributed by atoms with van der Waals surface area (Å²) in [5.74, 6) is 0.501. The predicted molar refractivity (Wildman–Crippen MR) is 101 cm³/mol. The predicted octanol–water partition coefficient (Wildman–Crippen LogP) is 4.50. The summed E-state index contributed by atoms with van der Waals surface area (Å²) in [7, 11) is 0. The van der Waals surface area contributed by atoms with Gasteiger partial charge in [-0.2, -0.15) is 0 Å². The number of alkyl halides is 2. The molecule has 3 heterocycles. The molecule has 2 aromatic rings. The highest BCUT2D eigenvalue weighted by Gasteiger charge is 2.68. The molecule has 132 valence electrons. The van der Waals surface area contributed by atoms with Crippen LogP contribution >= 0.6 is 34.5 Å². The largest absolute Gasteiger partial charge is 0.342 e. The molecule has 0 N–H and O–H groups in total. The molecule has 1 saturated carbocycles. The Morgan fingerprint density at radius 2 is 1.92 bits per heavy atom. The van der Waals surface area contributed by atoms with E-state index in [-0.39, 0.29) is 5.91 Å². The molecule has 1 aliphatic carbocycles. The molecule has 0 radical (unpaired) electrons. The number of halogens is 2. The van der Waals surface area contributed by atoms with Crippen LogP contribution in [0.15, 0.2) is 29.9 Å². The van der Waals surface area contributed by atoms with Gasteiger partial charge in [0.05, 0.1) is 16.1 Å². The number of likely N-dealkylation sites (tertiary alicyclic amines) is 1. The second kappa shape index (κ2) is 6.22. The van der Waals surface area contributed by atoms with Gasteiger partial charge >= 0.3 is 0 Å². The van der Waals surface area contributed by atoms with Gasteiger partial charge in [0.15, 0.2) is 0 Å². The quantitative estimate of drug-likeness (QED) is 0.718. The summed E-state index contributed by atoms with van der Waals surface area (Å²) in [4.78, 5) is 23.4. The minimum Gasteiger partial charge on any atom is -0.342 e. The number of aromatic nitrogens is 2. The van der Waals surface area contributed by atoms with Crippen LogP contribution in [0.25, 0.3) is 11.3 Å². The number of thiazole rings is 1. The molecular weight excluding hydrogens is 377 g/mol. The standard InChI is InChI=1S/C18H19Cl2N3OS/c1-17(11-18(17,19)20)16(24)23-8-4-13(5-9-23)15-22-14(10-25-15)12-2-6-21-7-3-12/h2-3,6-7,10,13H,4-5,8-9,11H2,1H3/t17-/m1/s1. The molecule has 1 saturated heterocycles. The first-order valence-corrected chi connectivity index (χ1v) is 10.1. The Morgan fingerprint density at radius 1 is 1.28 bits per heavy atom. The molecule has 7 heteroatoms. The molecule has 2 aromatic heterocycles. The van der Waals surface area contributed by atoms with E-state index in [9.17, 15) is 4.79 Å². The normalized spacial score (nSPS) is 25.8. The van der Waals surface area contributed by atoms with E-state index in [1.807, 2.05) is 24.0 Å². The Balaban J connectivity index is 1.40. The van der Waals surface area contributed by atoms with E-state index in [1.165, 1.54) is 0 Å². The molecule has 1 aliphatic heterocycles. The average molecular weight is 396 g/mol. The van der Waals surface area contributed by atoms with Gasteiger partial charge in [-0.1, -0.05) is 0 Å². The van der Waals surface area contributed by atoms with Crippen molar-refractivity contribution in [3.63, 3.8) is 0 Å². The van der Waals surface area contributed by atoms with Crippen molar-refractivity contribution in [2.75, 3.05) is 13.1 Å². The summed E-state index contributed by atoms with van der Waals surface area (Å²) in [6, 6.07) is 3.95. The number of nitrogens with zero attached hydrogens (tertiary/aromatic N) is 3. The van der Waals surface area contributed by atoms with Crippen molar-refractivity contribution < 1.29 is 4.79 Å². The number of carbonyl (C=O) groups is 1. The number of amides is 1. The van der Waals surface area contributed by atoms with Gasteiger partial charge in [0.25, 0.3) is 0 Å². The first-order valence-electron chi connectivity index (χ1n) is 8.44. The van der Waals surface area contributed by atoms with E-state index in [0.717, 1.165) is 42.2 Å². The van der Waals surface area contributed by atoms with Crippen LogP contribution in [0, 0.1) is 5.41 Å². The zero-order valence-corrected chi connectivity index (χ0v) is 16.2. The first-order chi connectivity index (χ1) is 11.9. The van der Waals surface area contributed by atoms with E-state index in [4.69, 9.17) is 28.2 Å². The molecule has 4 rings (SSSR count). The van der Waals surface area contributed by atoms with E-state index in [0.29, 0.717) is 12.3 Å². The van der Waals surface area contributed by atoms with Gasteiger partial charge < -0.3 is 4.90 Å².